The van der Waals surface area contributed by atoms with E-state index < -0.39 is 38.4 Å². The fourth-order valence-corrected chi connectivity index (χ4v) is 7.48. The summed E-state index contributed by atoms with van der Waals surface area (Å²) in [6.07, 6.45) is 1.68. The van der Waals surface area contributed by atoms with E-state index in [9.17, 15) is 22.0 Å². The molecule has 1 N–H and O–H groups in total. The molecule has 0 saturated carbocycles. The largest absolute Gasteiger partial charge is 0.381 e. The third-order valence-electron chi connectivity index (χ3n) is 6.48. The second-order valence-electron chi connectivity index (χ2n) is 8.73. The Bertz CT molecular complexity index is 1380. The van der Waals surface area contributed by atoms with Gasteiger partial charge in [0.1, 0.15) is 16.6 Å². The van der Waals surface area contributed by atoms with Gasteiger partial charge < -0.3 is 9.47 Å². The van der Waals surface area contributed by atoms with Crippen LogP contribution in [0.4, 0.5) is 8.78 Å². The van der Waals surface area contributed by atoms with Crippen molar-refractivity contribution in [3.63, 3.8) is 0 Å². The summed E-state index contributed by atoms with van der Waals surface area (Å²) in [4.78, 5) is 23.0. The van der Waals surface area contributed by atoms with Crippen molar-refractivity contribution >= 4 is 37.3 Å². The van der Waals surface area contributed by atoms with E-state index in [-0.39, 0.29) is 41.5 Å². The van der Waals surface area contributed by atoms with Crippen LogP contribution in [-0.2, 0) is 28.9 Å². The molecule has 1 aromatic heterocycles. The minimum atomic E-state index is -4.19. The van der Waals surface area contributed by atoms with Crippen LogP contribution >= 0.6 is 11.3 Å². The van der Waals surface area contributed by atoms with Gasteiger partial charge in [-0.3, -0.25) is 4.79 Å². The van der Waals surface area contributed by atoms with Crippen LogP contribution in [0.2, 0.25) is 0 Å². The van der Waals surface area contributed by atoms with Gasteiger partial charge in [0.2, 0.25) is 0 Å². The van der Waals surface area contributed by atoms with Crippen molar-refractivity contribution in [2.24, 2.45) is 0 Å². The molecule has 12 heteroatoms. The highest BCUT2D eigenvalue weighted by molar-refractivity contribution is 7.93. The van der Waals surface area contributed by atoms with E-state index >= 15 is 0 Å². The molecule has 1 atom stereocenters. The van der Waals surface area contributed by atoms with Crippen molar-refractivity contribution in [2.45, 2.75) is 48.0 Å². The van der Waals surface area contributed by atoms with Crippen LogP contribution in [-0.4, -0.2) is 50.2 Å². The lowest BCUT2D eigenvalue weighted by Gasteiger charge is -2.35. The smallest absolute Gasteiger partial charge is 0.265 e. The van der Waals surface area contributed by atoms with E-state index in [1.807, 2.05) is 0 Å². The summed E-state index contributed by atoms with van der Waals surface area (Å²) in [5, 5.41) is 0.288. The summed E-state index contributed by atoms with van der Waals surface area (Å²) in [6, 6.07) is 7.53. The van der Waals surface area contributed by atoms with Crippen molar-refractivity contribution in [2.75, 3.05) is 19.8 Å². The number of ether oxygens (including phenoxy) is 2. The van der Waals surface area contributed by atoms with Gasteiger partial charge in [-0.1, -0.05) is 0 Å². The molecule has 1 unspecified atom stereocenters. The van der Waals surface area contributed by atoms with E-state index in [4.69, 9.17) is 14.3 Å². The molecule has 0 spiro atoms. The topological polar surface area (TPSA) is 104 Å². The van der Waals surface area contributed by atoms with Crippen molar-refractivity contribution in [1.82, 2.24) is 10.5 Å². The average Bonchev–Trinajstić information content (AvgIpc) is 3.31. The van der Waals surface area contributed by atoms with Gasteiger partial charge in [-0.2, -0.15) is 0 Å². The van der Waals surface area contributed by atoms with Crippen molar-refractivity contribution in [3.05, 3.63) is 48.0 Å². The molecular weight excluding hydrogens is 514 g/mol. The highest BCUT2D eigenvalue weighted by Gasteiger charge is 2.52. The molecular formula is C24H24F2N2O6S2. The van der Waals surface area contributed by atoms with Crippen molar-refractivity contribution in [1.29, 1.82) is 0 Å². The van der Waals surface area contributed by atoms with Crippen molar-refractivity contribution in [3.8, 4) is 10.6 Å². The Morgan fingerprint density at radius 1 is 1.11 bits per heavy atom. The Morgan fingerprint density at radius 3 is 2.64 bits per heavy atom. The number of aromatic nitrogens is 1. The number of sulfone groups is 1. The molecule has 2 saturated heterocycles. The molecule has 2 aliphatic rings. The predicted molar refractivity (Wildman–Crippen MR) is 128 cm³/mol. The maximum absolute atomic E-state index is 14.3. The molecule has 8 nitrogen and oxygen atoms in total. The van der Waals surface area contributed by atoms with Gasteiger partial charge in [0.15, 0.2) is 20.9 Å². The maximum Gasteiger partial charge on any atom is 0.265 e. The number of fused-ring (bicyclic) bond motifs is 1. The molecule has 3 aromatic rings. The van der Waals surface area contributed by atoms with E-state index in [2.05, 4.69) is 10.5 Å². The van der Waals surface area contributed by atoms with Gasteiger partial charge >= 0.3 is 0 Å². The standard InChI is InChI=1S/C24H24F2N2O6S2/c25-15-4-6-17(18(26)13-15)22-27-19-7-5-16(14-20(19)35-22)36(30,31)24(8-11-32-12-9-24)23(29)28-34-21-3-1-2-10-33-21/h4-7,13-14,21H,1-3,8-12H2,(H,28,29). The molecule has 0 bridgehead atoms. The van der Waals surface area contributed by atoms with E-state index in [0.717, 1.165) is 36.3 Å². The molecule has 0 aliphatic carbocycles. The van der Waals surface area contributed by atoms with Crippen LogP contribution < -0.4 is 5.48 Å². The normalized spacial score (nSPS) is 20.3. The number of hydrogen-bond acceptors (Lipinski definition) is 8. The number of carbonyl (C=O) groups excluding carboxylic acids is 1. The van der Waals surface area contributed by atoms with Crippen LogP contribution in [0, 0.1) is 11.6 Å². The van der Waals surface area contributed by atoms with Gasteiger partial charge in [-0.15, -0.1) is 11.3 Å². The monoisotopic (exact) mass is 538 g/mol. The minimum absolute atomic E-state index is 0.0389. The summed E-state index contributed by atoms with van der Waals surface area (Å²) in [7, 11) is -4.19. The molecule has 0 radical (unpaired) electrons. The van der Waals surface area contributed by atoms with Crippen LogP contribution in [0.3, 0.4) is 0 Å². The lowest BCUT2D eigenvalue weighted by Crippen LogP contribution is -2.56. The Morgan fingerprint density at radius 2 is 1.92 bits per heavy atom. The van der Waals surface area contributed by atoms with Crippen molar-refractivity contribution < 1.29 is 36.3 Å². The lowest BCUT2D eigenvalue weighted by molar-refractivity contribution is -0.202. The van der Waals surface area contributed by atoms with Crippen LogP contribution in [0.25, 0.3) is 20.8 Å². The summed E-state index contributed by atoms with van der Waals surface area (Å²) in [5.74, 6) is -2.23. The predicted octanol–water partition coefficient (Wildman–Crippen LogP) is 4.14. The summed E-state index contributed by atoms with van der Waals surface area (Å²) >= 11 is 1.08. The second kappa shape index (κ2) is 10.1. The number of carbonyl (C=O) groups is 1. The van der Waals surface area contributed by atoms with Crippen LogP contribution in [0.5, 0.6) is 0 Å². The molecule has 3 heterocycles. The van der Waals surface area contributed by atoms with E-state index in [1.54, 1.807) is 0 Å². The molecule has 5 rings (SSSR count). The number of halogens is 2. The number of amides is 1. The molecule has 192 valence electrons. The Balaban J connectivity index is 1.46. The molecule has 2 aliphatic heterocycles. The number of rotatable bonds is 6. The Hall–Kier alpha value is -2.51. The maximum atomic E-state index is 14.3. The number of nitrogens with zero attached hydrogens (tertiary/aromatic N) is 1. The van der Waals surface area contributed by atoms with Gasteiger partial charge in [0, 0.05) is 37.9 Å². The van der Waals surface area contributed by atoms with Crippen LogP contribution in [0.15, 0.2) is 41.3 Å². The van der Waals surface area contributed by atoms with E-state index in [1.165, 1.54) is 24.3 Å². The zero-order valence-electron chi connectivity index (χ0n) is 19.2. The number of nitrogens with one attached hydrogen (secondary N) is 1. The van der Waals surface area contributed by atoms with Gasteiger partial charge in [0.05, 0.1) is 15.1 Å². The Kier molecular flexibility index (Phi) is 7.05. The second-order valence-corrected chi connectivity index (χ2v) is 12.0. The summed E-state index contributed by atoms with van der Waals surface area (Å²) in [5.41, 5.74) is 2.91. The Labute approximate surface area is 210 Å². The minimum Gasteiger partial charge on any atom is -0.381 e. The third-order valence-corrected chi connectivity index (χ3v) is 10.0. The average molecular weight is 539 g/mol. The first-order valence-electron chi connectivity index (χ1n) is 11.6. The number of thiazole rings is 1. The fraction of sp³-hybridized carbons (Fsp3) is 0.417. The fourth-order valence-electron chi connectivity index (χ4n) is 4.41. The SMILES string of the molecule is O=C(NOC1CCCCO1)C1(S(=O)(=O)c2ccc3nc(-c4ccc(F)cc4F)sc3c2)CCOCC1. The summed E-state index contributed by atoms with van der Waals surface area (Å²) < 4.78 is 64.9. The van der Waals surface area contributed by atoms with Crippen LogP contribution in [0.1, 0.15) is 32.1 Å². The number of hydrogen-bond donors (Lipinski definition) is 1. The number of benzene rings is 2. The first-order valence-corrected chi connectivity index (χ1v) is 13.9. The zero-order valence-corrected chi connectivity index (χ0v) is 20.8. The summed E-state index contributed by atoms with van der Waals surface area (Å²) in [6.45, 7) is 0.712. The highest BCUT2D eigenvalue weighted by atomic mass is 32.2. The lowest BCUT2D eigenvalue weighted by atomic mass is 9.98. The third kappa shape index (κ3) is 4.63. The van der Waals surface area contributed by atoms with Gasteiger partial charge in [-0.05, 0) is 56.0 Å². The zero-order chi connectivity index (χ0) is 25.3. The number of hydroxylamine groups is 1. The first kappa shape index (κ1) is 25.2. The van der Waals surface area contributed by atoms with Gasteiger partial charge in [0.25, 0.3) is 5.91 Å². The first-order chi connectivity index (χ1) is 17.3. The molecule has 2 fully saturated rings. The highest BCUT2D eigenvalue weighted by Crippen LogP contribution is 2.38. The van der Waals surface area contributed by atoms with E-state index in [0.29, 0.717) is 23.2 Å². The molecule has 2 aromatic carbocycles. The quantitative estimate of drug-likeness (QED) is 0.471. The molecule has 36 heavy (non-hydrogen) atoms. The molecule has 1 amide bonds. The van der Waals surface area contributed by atoms with Gasteiger partial charge in [-0.25, -0.2) is 32.5 Å².